The molecule has 0 unspecified atom stereocenters. The van der Waals surface area contributed by atoms with E-state index in [9.17, 15) is 4.39 Å². The van der Waals surface area contributed by atoms with Crippen LogP contribution in [0.1, 0.15) is 0 Å². The van der Waals surface area contributed by atoms with Gasteiger partial charge in [-0.25, -0.2) is 9.07 Å². The van der Waals surface area contributed by atoms with Crippen LogP contribution in [0.5, 0.6) is 5.75 Å². The lowest BCUT2D eigenvalue weighted by Crippen LogP contribution is -2.05. The van der Waals surface area contributed by atoms with Crippen LogP contribution in [0.3, 0.4) is 0 Å². The first-order chi connectivity index (χ1) is 15.2. The second-order valence-electron chi connectivity index (χ2n) is 6.83. The van der Waals surface area contributed by atoms with Crippen molar-refractivity contribution in [2.45, 2.75) is 6.73 Å². The van der Waals surface area contributed by atoms with Crippen molar-refractivity contribution in [3.8, 4) is 39.8 Å². The second-order valence-corrected chi connectivity index (χ2v) is 6.83. The molecule has 0 bridgehead atoms. The van der Waals surface area contributed by atoms with Gasteiger partial charge in [-0.15, -0.1) is 0 Å². The molecule has 0 N–H and O–H groups in total. The number of rotatable bonds is 6. The van der Waals surface area contributed by atoms with E-state index >= 15 is 0 Å². The first-order valence-electron chi connectivity index (χ1n) is 9.66. The molecule has 0 atom stereocenters. The van der Waals surface area contributed by atoms with Crippen LogP contribution in [0.25, 0.3) is 34.1 Å². The van der Waals surface area contributed by atoms with Crippen molar-refractivity contribution in [3.63, 3.8) is 0 Å². The molecule has 0 radical (unpaired) electrons. The van der Waals surface area contributed by atoms with E-state index in [0.717, 1.165) is 16.9 Å². The van der Waals surface area contributed by atoms with E-state index in [1.165, 1.54) is 12.1 Å². The van der Waals surface area contributed by atoms with Gasteiger partial charge in [0.15, 0.2) is 12.4 Å². The van der Waals surface area contributed by atoms with Crippen molar-refractivity contribution in [3.05, 3.63) is 96.9 Å². The molecular formula is C24H17FN4O2. The standard InChI is InChI=1S/C24H17FN4O2/c25-20-10-6-19(7-11-20)23-26-24(31-28-23)22-14-15-29(27-22)16-30-21-12-8-18(9-13-21)17-4-2-1-3-5-17/h1-15H,16H2. The van der Waals surface area contributed by atoms with Crippen LogP contribution in [0.15, 0.2) is 95.6 Å². The number of ether oxygens (including phenoxy) is 1. The third kappa shape index (κ3) is 4.20. The molecule has 2 heterocycles. The highest BCUT2D eigenvalue weighted by Crippen LogP contribution is 2.23. The number of hydrogen-bond donors (Lipinski definition) is 0. The zero-order chi connectivity index (χ0) is 21.0. The van der Waals surface area contributed by atoms with Gasteiger partial charge in [0.1, 0.15) is 11.6 Å². The highest BCUT2D eigenvalue weighted by Gasteiger charge is 2.13. The lowest BCUT2D eigenvalue weighted by molar-refractivity contribution is 0.221. The van der Waals surface area contributed by atoms with Crippen LogP contribution in [0, 0.1) is 5.82 Å². The molecule has 0 aliphatic rings. The van der Waals surface area contributed by atoms with Crippen molar-refractivity contribution in [1.29, 1.82) is 0 Å². The van der Waals surface area contributed by atoms with Crippen LogP contribution in [0.4, 0.5) is 4.39 Å². The maximum atomic E-state index is 13.1. The molecular weight excluding hydrogens is 395 g/mol. The molecule has 0 saturated heterocycles. The van der Waals surface area contributed by atoms with E-state index in [4.69, 9.17) is 9.26 Å². The Morgan fingerprint density at radius 2 is 1.52 bits per heavy atom. The fourth-order valence-corrected chi connectivity index (χ4v) is 3.11. The summed E-state index contributed by atoms with van der Waals surface area (Å²) in [6.45, 7) is 0.240. The first-order valence-corrected chi connectivity index (χ1v) is 9.66. The fraction of sp³-hybridized carbons (Fsp3) is 0.0417. The van der Waals surface area contributed by atoms with Gasteiger partial charge in [0.25, 0.3) is 5.89 Å². The Balaban J connectivity index is 1.24. The maximum Gasteiger partial charge on any atom is 0.278 e. The Labute approximate surface area is 177 Å². The van der Waals surface area contributed by atoms with Crippen LogP contribution in [-0.2, 0) is 6.73 Å². The first kappa shape index (κ1) is 18.7. The second kappa shape index (κ2) is 8.23. The molecule has 152 valence electrons. The number of aromatic nitrogens is 4. The number of hydrogen-bond acceptors (Lipinski definition) is 5. The quantitative estimate of drug-likeness (QED) is 0.371. The van der Waals surface area contributed by atoms with Crippen molar-refractivity contribution >= 4 is 0 Å². The SMILES string of the molecule is Fc1ccc(-c2noc(-c3ccn(COc4ccc(-c5ccccc5)cc4)n3)n2)cc1. The predicted molar refractivity (Wildman–Crippen MR) is 113 cm³/mol. The third-order valence-corrected chi connectivity index (χ3v) is 4.71. The summed E-state index contributed by atoms with van der Waals surface area (Å²) >= 11 is 0. The molecule has 5 aromatic rings. The smallest absolute Gasteiger partial charge is 0.278 e. The van der Waals surface area contributed by atoms with Gasteiger partial charge in [0.2, 0.25) is 5.82 Å². The summed E-state index contributed by atoms with van der Waals surface area (Å²) in [5.74, 6) is 1.08. The molecule has 3 aromatic carbocycles. The molecule has 0 spiro atoms. The van der Waals surface area contributed by atoms with E-state index in [2.05, 4.69) is 27.4 Å². The van der Waals surface area contributed by atoms with Gasteiger partial charge in [-0.3, -0.25) is 0 Å². The Morgan fingerprint density at radius 3 is 2.29 bits per heavy atom. The zero-order valence-corrected chi connectivity index (χ0v) is 16.4. The van der Waals surface area contributed by atoms with Crippen LogP contribution < -0.4 is 4.74 Å². The largest absolute Gasteiger partial charge is 0.471 e. The summed E-state index contributed by atoms with van der Waals surface area (Å²) in [6.07, 6.45) is 1.77. The third-order valence-electron chi connectivity index (χ3n) is 4.71. The molecule has 7 heteroatoms. The van der Waals surface area contributed by atoms with Crippen molar-refractivity contribution in [1.82, 2.24) is 19.9 Å². The lowest BCUT2D eigenvalue weighted by Gasteiger charge is -2.07. The molecule has 0 saturated carbocycles. The van der Waals surface area contributed by atoms with Crippen LogP contribution in [-0.4, -0.2) is 19.9 Å². The van der Waals surface area contributed by atoms with Gasteiger partial charge >= 0.3 is 0 Å². The van der Waals surface area contributed by atoms with Crippen molar-refractivity contribution in [2.24, 2.45) is 0 Å². The molecule has 6 nitrogen and oxygen atoms in total. The van der Waals surface area contributed by atoms with Crippen LogP contribution >= 0.6 is 0 Å². The van der Waals surface area contributed by atoms with Gasteiger partial charge in [0, 0.05) is 11.8 Å². The van der Waals surface area contributed by atoms with Crippen LogP contribution in [0.2, 0.25) is 0 Å². The maximum absolute atomic E-state index is 13.1. The molecule has 0 aliphatic carbocycles. The van der Waals surface area contributed by atoms with E-state index in [-0.39, 0.29) is 18.4 Å². The molecule has 0 amide bonds. The predicted octanol–water partition coefficient (Wildman–Crippen LogP) is 5.44. The zero-order valence-electron chi connectivity index (χ0n) is 16.4. The summed E-state index contributed by atoms with van der Waals surface area (Å²) in [5.41, 5.74) is 3.48. The van der Waals surface area contributed by atoms with E-state index in [0.29, 0.717) is 17.1 Å². The Kier molecular flexibility index (Phi) is 4.98. The van der Waals surface area contributed by atoms with Crippen molar-refractivity contribution in [2.75, 3.05) is 0 Å². The highest BCUT2D eigenvalue weighted by molar-refractivity contribution is 5.64. The minimum Gasteiger partial charge on any atom is -0.471 e. The topological polar surface area (TPSA) is 66.0 Å². The van der Waals surface area contributed by atoms with Crippen molar-refractivity contribution < 1.29 is 13.7 Å². The molecule has 5 rings (SSSR count). The average Bonchev–Trinajstić information content (AvgIpc) is 3.49. The van der Waals surface area contributed by atoms with Gasteiger partial charge in [-0.2, -0.15) is 10.1 Å². The molecule has 0 fully saturated rings. The Hall–Kier alpha value is -4.26. The number of nitrogens with zero attached hydrogens (tertiary/aromatic N) is 4. The van der Waals surface area contributed by atoms with Gasteiger partial charge < -0.3 is 9.26 Å². The molecule has 2 aromatic heterocycles. The van der Waals surface area contributed by atoms with E-state index < -0.39 is 0 Å². The van der Waals surface area contributed by atoms with Gasteiger partial charge in [0.05, 0.1) is 0 Å². The Bertz CT molecular complexity index is 1280. The summed E-state index contributed by atoms with van der Waals surface area (Å²) in [6, 6.07) is 25.7. The number of halogens is 1. The summed E-state index contributed by atoms with van der Waals surface area (Å²) < 4.78 is 25.8. The normalized spacial score (nSPS) is 10.9. The van der Waals surface area contributed by atoms with E-state index in [1.54, 1.807) is 29.1 Å². The molecule has 31 heavy (non-hydrogen) atoms. The summed E-state index contributed by atoms with van der Waals surface area (Å²) in [4.78, 5) is 4.33. The molecule has 0 aliphatic heterocycles. The van der Waals surface area contributed by atoms with Gasteiger partial charge in [-0.1, -0.05) is 47.6 Å². The summed E-state index contributed by atoms with van der Waals surface area (Å²) in [7, 11) is 0. The number of benzene rings is 3. The summed E-state index contributed by atoms with van der Waals surface area (Å²) in [5, 5.41) is 8.36. The van der Waals surface area contributed by atoms with E-state index in [1.807, 2.05) is 42.5 Å². The van der Waals surface area contributed by atoms with Gasteiger partial charge in [-0.05, 0) is 53.6 Å². The lowest BCUT2D eigenvalue weighted by atomic mass is 10.1. The highest BCUT2D eigenvalue weighted by atomic mass is 19.1. The fourth-order valence-electron chi connectivity index (χ4n) is 3.11. The minimum atomic E-state index is -0.319. The monoisotopic (exact) mass is 412 g/mol. The minimum absolute atomic E-state index is 0.240. The average molecular weight is 412 g/mol. The Morgan fingerprint density at radius 1 is 0.806 bits per heavy atom.